The number of hydrogen-bond acceptors (Lipinski definition) is 6. The highest BCUT2D eigenvalue weighted by Gasteiger charge is 2.33. The topological polar surface area (TPSA) is 93.3 Å². The maximum Gasteiger partial charge on any atom is 0.260 e. The summed E-state index contributed by atoms with van der Waals surface area (Å²) in [6, 6.07) is 8.97. The molecule has 0 spiro atoms. The van der Waals surface area contributed by atoms with Crippen LogP contribution in [0.3, 0.4) is 0 Å². The Labute approximate surface area is 116 Å². The molecule has 2 unspecified atom stereocenters. The second-order valence-corrected chi connectivity index (χ2v) is 7.13. The molecule has 0 aliphatic carbocycles. The van der Waals surface area contributed by atoms with Gasteiger partial charge >= 0.3 is 0 Å². The van der Waals surface area contributed by atoms with Crippen LogP contribution in [-0.2, 0) is 9.84 Å². The van der Waals surface area contributed by atoms with Crippen LogP contribution in [0, 0.1) is 0 Å². The summed E-state index contributed by atoms with van der Waals surface area (Å²) in [5.41, 5.74) is 0.654. The van der Waals surface area contributed by atoms with Crippen molar-refractivity contribution in [2.75, 3.05) is 11.5 Å². The second-order valence-electron chi connectivity index (χ2n) is 4.90. The lowest BCUT2D eigenvalue weighted by atomic mass is 10.1. The minimum Gasteiger partial charge on any atom is -0.378 e. The van der Waals surface area contributed by atoms with E-state index in [1.165, 1.54) is 0 Å². The molecule has 7 heteroatoms. The summed E-state index contributed by atoms with van der Waals surface area (Å²) in [6.07, 6.45) is -0.488. The molecular weight excluding hydrogens is 280 g/mol. The molecule has 106 valence electrons. The summed E-state index contributed by atoms with van der Waals surface area (Å²) in [4.78, 5) is 4.14. The third-order valence-electron chi connectivity index (χ3n) is 3.40. The SMILES string of the molecule is O=S1(=O)CCC(c2noc(C(O)c3ccccc3)n2)C1. The third-order valence-corrected chi connectivity index (χ3v) is 5.17. The Morgan fingerprint density at radius 3 is 2.70 bits per heavy atom. The van der Waals surface area contributed by atoms with Crippen molar-refractivity contribution in [2.24, 2.45) is 0 Å². The minimum absolute atomic E-state index is 0.0490. The Morgan fingerprint density at radius 2 is 2.05 bits per heavy atom. The zero-order chi connectivity index (χ0) is 14.2. The molecule has 1 N–H and O–H groups in total. The first-order chi connectivity index (χ1) is 9.55. The lowest BCUT2D eigenvalue weighted by Gasteiger charge is -2.04. The van der Waals surface area contributed by atoms with E-state index in [1.54, 1.807) is 24.3 Å². The van der Waals surface area contributed by atoms with Gasteiger partial charge in [-0.2, -0.15) is 4.98 Å². The van der Waals surface area contributed by atoms with E-state index >= 15 is 0 Å². The lowest BCUT2D eigenvalue weighted by molar-refractivity contribution is 0.170. The zero-order valence-corrected chi connectivity index (χ0v) is 11.5. The monoisotopic (exact) mass is 294 g/mol. The predicted octanol–water partition coefficient (Wildman–Crippen LogP) is 1.05. The van der Waals surface area contributed by atoms with Crippen molar-refractivity contribution in [1.29, 1.82) is 0 Å². The largest absolute Gasteiger partial charge is 0.378 e. The molecule has 2 atom stereocenters. The van der Waals surface area contributed by atoms with E-state index in [-0.39, 0.29) is 23.3 Å². The highest BCUT2D eigenvalue weighted by Crippen LogP contribution is 2.28. The number of rotatable bonds is 3. The minimum atomic E-state index is -2.99. The molecule has 0 bridgehead atoms. The molecule has 6 nitrogen and oxygen atoms in total. The molecule has 1 saturated heterocycles. The van der Waals surface area contributed by atoms with Gasteiger partial charge in [-0.25, -0.2) is 8.42 Å². The quantitative estimate of drug-likeness (QED) is 0.909. The van der Waals surface area contributed by atoms with Crippen LogP contribution in [-0.4, -0.2) is 35.2 Å². The number of sulfone groups is 1. The molecule has 1 fully saturated rings. The number of hydrogen-bond donors (Lipinski definition) is 1. The summed E-state index contributed by atoms with van der Waals surface area (Å²) < 4.78 is 27.9. The molecular formula is C13H14N2O4S. The van der Waals surface area contributed by atoms with Gasteiger partial charge in [0.2, 0.25) is 0 Å². The van der Waals surface area contributed by atoms with E-state index in [4.69, 9.17) is 4.52 Å². The highest BCUT2D eigenvalue weighted by molar-refractivity contribution is 7.91. The molecule has 1 aromatic heterocycles. The van der Waals surface area contributed by atoms with Gasteiger partial charge in [0.15, 0.2) is 21.8 Å². The first kappa shape index (κ1) is 13.3. The first-order valence-electron chi connectivity index (χ1n) is 6.32. The molecule has 0 amide bonds. The molecule has 1 aliphatic rings. The van der Waals surface area contributed by atoms with E-state index in [9.17, 15) is 13.5 Å². The van der Waals surface area contributed by atoms with E-state index < -0.39 is 15.9 Å². The summed E-state index contributed by atoms with van der Waals surface area (Å²) in [5, 5.41) is 13.9. The molecule has 0 radical (unpaired) electrons. The van der Waals surface area contributed by atoms with Gasteiger partial charge < -0.3 is 9.63 Å². The van der Waals surface area contributed by atoms with Crippen LogP contribution >= 0.6 is 0 Å². The molecule has 20 heavy (non-hydrogen) atoms. The van der Waals surface area contributed by atoms with Gasteiger partial charge in [-0.3, -0.25) is 0 Å². The lowest BCUT2D eigenvalue weighted by Crippen LogP contribution is -2.06. The third kappa shape index (κ3) is 2.59. The van der Waals surface area contributed by atoms with Crippen molar-refractivity contribution in [3.63, 3.8) is 0 Å². The molecule has 3 rings (SSSR count). The molecule has 1 aromatic carbocycles. The Hall–Kier alpha value is -1.73. The Bertz CT molecular complexity index is 696. The number of aromatic nitrogens is 2. The fourth-order valence-corrected chi connectivity index (χ4v) is 4.04. The van der Waals surface area contributed by atoms with Crippen LogP contribution in [0.4, 0.5) is 0 Å². The van der Waals surface area contributed by atoms with Crippen LogP contribution in [0.5, 0.6) is 0 Å². The standard InChI is InChI=1S/C13H14N2O4S/c16-11(9-4-2-1-3-5-9)13-14-12(15-19-13)10-6-7-20(17,18)8-10/h1-5,10-11,16H,6-8H2. The van der Waals surface area contributed by atoms with Crippen LogP contribution in [0.1, 0.15) is 35.7 Å². The van der Waals surface area contributed by atoms with Crippen molar-refractivity contribution >= 4 is 9.84 Å². The summed E-state index contributed by atoms with van der Waals surface area (Å²) in [6.45, 7) is 0. The Morgan fingerprint density at radius 1 is 1.30 bits per heavy atom. The maximum atomic E-state index is 11.4. The Kier molecular flexibility index (Phi) is 3.31. The highest BCUT2D eigenvalue weighted by atomic mass is 32.2. The molecule has 2 aromatic rings. The van der Waals surface area contributed by atoms with Crippen molar-refractivity contribution in [2.45, 2.75) is 18.4 Å². The van der Waals surface area contributed by atoms with Crippen LogP contribution in [0.2, 0.25) is 0 Å². The average molecular weight is 294 g/mol. The average Bonchev–Trinajstić information content (AvgIpc) is 3.05. The van der Waals surface area contributed by atoms with Gasteiger partial charge in [-0.05, 0) is 12.0 Å². The van der Waals surface area contributed by atoms with Crippen LogP contribution in [0.25, 0.3) is 0 Å². The summed E-state index contributed by atoms with van der Waals surface area (Å²) in [5.74, 6) is 0.419. The smallest absolute Gasteiger partial charge is 0.260 e. The number of benzene rings is 1. The van der Waals surface area contributed by atoms with Gasteiger partial charge in [0.25, 0.3) is 5.89 Å². The van der Waals surface area contributed by atoms with Crippen LogP contribution in [0.15, 0.2) is 34.9 Å². The number of aliphatic hydroxyl groups excluding tert-OH is 1. The first-order valence-corrected chi connectivity index (χ1v) is 8.14. The van der Waals surface area contributed by atoms with Crippen molar-refractivity contribution in [3.05, 3.63) is 47.6 Å². The van der Waals surface area contributed by atoms with Gasteiger partial charge in [0.1, 0.15) is 0 Å². The van der Waals surface area contributed by atoms with E-state index in [2.05, 4.69) is 10.1 Å². The number of aliphatic hydroxyl groups is 1. The van der Waals surface area contributed by atoms with E-state index in [0.29, 0.717) is 17.8 Å². The van der Waals surface area contributed by atoms with Gasteiger partial charge in [0.05, 0.1) is 11.5 Å². The second kappa shape index (κ2) is 4.99. The van der Waals surface area contributed by atoms with Gasteiger partial charge in [-0.15, -0.1) is 0 Å². The van der Waals surface area contributed by atoms with Crippen molar-refractivity contribution in [1.82, 2.24) is 10.1 Å². The Balaban J connectivity index is 1.81. The number of nitrogens with zero attached hydrogens (tertiary/aromatic N) is 2. The van der Waals surface area contributed by atoms with Crippen molar-refractivity contribution < 1.29 is 18.0 Å². The normalized spacial score (nSPS) is 22.8. The summed E-state index contributed by atoms with van der Waals surface area (Å²) in [7, 11) is -2.99. The van der Waals surface area contributed by atoms with Crippen LogP contribution < -0.4 is 0 Å². The van der Waals surface area contributed by atoms with Crippen molar-refractivity contribution in [3.8, 4) is 0 Å². The maximum absolute atomic E-state index is 11.4. The zero-order valence-electron chi connectivity index (χ0n) is 10.6. The van der Waals surface area contributed by atoms with Gasteiger partial charge in [0, 0.05) is 5.92 Å². The fourth-order valence-electron chi connectivity index (χ4n) is 2.30. The molecule has 0 saturated carbocycles. The summed E-state index contributed by atoms with van der Waals surface area (Å²) >= 11 is 0. The van der Waals surface area contributed by atoms with E-state index in [1.807, 2.05) is 6.07 Å². The van der Waals surface area contributed by atoms with Gasteiger partial charge in [-0.1, -0.05) is 35.5 Å². The van der Waals surface area contributed by atoms with E-state index in [0.717, 1.165) is 0 Å². The predicted molar refractivity (Wildman–Crippen MR) is 70.8 cm³/mol. The molecule has 1 aliphatic heterocycles. The molecule has 2 heterocycles. The fraction of sp³-hybridized carbons (Fsp3) is 0.385.